The number of ether oxygens (including phenoxy) is 1. The van der Waals surface area contributed by atoms with E-state index in [-0.39, 0.29) is 24.2 Å². The molecular weight excluding hydrogens is 248 g/mol. The molecule has 1 aromatic carbocycles. The number of nitrogens with zero attached hydrogens (tertiary/aromatic N) is 1. The summed E-state index contributed by atoms with van der Waals surface area (Å²) in [6, 6.07) is 5.96. The predicted molar refractivity (Wildman–Crippen MR) is 68.9 cm³/mol. The van der Waals surface area contributed by atoms with Crippen molar-refractivity contribution in [3.63, 3.8) is 0 Å². The molecule has 6 heteroatoms. The van der Waals surface area contributed by atoms with Crippen LogP contribution < -0.4 is 10.1 Å². The van der Waals surface area contributed by atoms with Crippen molar-refractivity contribution in [1.29, 1.82) is 0 Å². The predicted octanol–water partition coefficient (Wildman–Crippen LogP) is 1.89. The van der Waals surface area contributed by atoms with E-state index in [9.17, 15) is 14.9 Å². The number of non-ortho nitro benzene ring substituents is 1. The highest BCUT2D eigenvalue weighted by atomic mass is 16.6. The molecule has 0 heterocycles. The number of amides is 1. The number of hydrogen-bond acceptors (Lipinski definition) is 4. The first-order valence-electron chi connectivity index (χ1n) is 6.23. The van der Waals surface area contributed by atoms with Crippen LogP contribution in [-0.4, -0.2) is 23.5 Å². The molecule has 1 aliphatic carbocycles. The number of carbonyl (C=O) groups excluding carboxylic acids is 1. The van der Waals surface area contributed by atoms with E-state index >= 15 is 0 Å². The van der Waals surface area contributed by atoms with Gasteiger partial charge in [-0.05, 0) is 31.7 Å². The standard InChI is InChI=1S/C13H16N2O4/c1-9(10-5-6-10)14-13(16)8-19-12-4-2-3-11(7-12)15(17)18/h2-4,7,9-10H,5-6,8H2,1H3,(H,14,16). The molecule has 0 spiro atoms. The number of carbonyl (C=O) groups is 1. The van der Waals surface area contributed by atoms with Crippen molar-refractivity contribution < 1.29 is 14.5 Å². The van der Waals surface area contributed by atoms with Gasteiger partial charge in [-0.25, -0.2) is 0 Å². The van der Waals surface area contributed by atoms with Gasteiger partial charge in [0.15, 0.2) is 6.61 Å². The second-order valence-electron chi connectivity index (χ2n) is 4.74. The number of rotatable bonds is 6. The maximum absolute atomic E-state index is 11.6. The van der Waals surface area contributed by atoms with Gasteiger partial charge in [-0.3, -0.25) is 14.9 Å². The van der Waals surface area contributed by atoms with Crippen LogP contribution in [0.4, 0.5) is 5.69 Å². The lowest BCUT2D eigenvalue weighted by atomic mass is 10.2. The van der Waals surface area contributed by atoms with Gasteiger partial charge < -0.3 is 10.1 Å². The molecule has 0 saturated heterocycles. The third kappa shape index (κ3) is 3.94. The van der Waals surface area contributed by atoms with Gasteiger partial charge in [0.2, 0.25) is 0 Å². The number of hydrogen-bond donors (Lipinski definition) is 1. The van der Waals surface area contributed by atoms with Crippen LogP contribution in [0, 0.1) is 16.0 Å². The molecule has 1 aliphatic rings. The van der Waals surface area contributed by atoms with Gasteiger partial charge in [0.05, 0.1) is 11.0 Å². The number of benzene rings is 1. The normalized spacial score (nSPS) is 15.6. The van der Waals surface area contributed by atoms with Crippen molar-refractivity contribution in [2.75, 3.05) is 6.61 Å². The average Bonchev–Trinajstić information content (AvgIpc) is 3.21. The van der Waals surface area contributed by atoms with E-state index in [2.05, 4.69) is 5.32 Å². The van der Waals surface area contributed by atoms with Gasteiger partial charge in [-0.2, -0.15) is 0 Å². The lowest BCUT2D eigenvalue weighted by Crippen LogP contribution is -2.37. The van der Waals surface area contributed by atoms with Crippen molar-refractivity contribution >= 4 is 11.6 Å². The Morgan fingerprint density at radius 2 is 2.32 bits per heavy atom. The molecule has 1 N–H and O–H groups in total. The molecule has 1 atom stereocenters. The fraction of sp³-hybridized carbons (Fsp3) is 0.462. The van der Waals surface area contributed by atoms with Gasteiger partial charge in [-0.1, -0.05) is 6.07 Å². The molecule has 1 fully saturated rings. The van der Waals surface area contributed by atoms with E-state index in [1.807, 2.05) is 6.92 Å². The molecule has 2 rings (SSSR count). The Labute approximate surface area is 110 Å². The van der Waals surface area contributed by atoms with Crippen LogP contribution in [0.3, 0.4) is 0 Å². The zero-order valence-corrected chi connectivity index (χ0v) is 10.7. The summed E-state index contributed by atoms with van der Waals surface area (Å²) in [5.41, 5.74) is -0.0516. The Bertz CT molecular complexity index is 485. The summed E-state index contributed by atoms with van der Waals surface area (Å²) < 4.78 is 5.24. The minimum atomic E-state index is -0.498. The average molecular weight is 264 g/mol. The van der Waals surface area contributed by atoms with Crippen LogP contribution in [0.2, 0.25) is 0 Å². The molecule has 0 radical (unpaired) electrons. The Balaban J connectivity index is 1.82. The van der Waals surface area contributed by atoms with Crippen LogP contribution in [0.5, 0.6) is 5.75 Å². The van der Waals surface area contributed by atoms with Crippen LogP contribution in [-0.2, 0) is 4.79 Å². The van der Waals surface area contributed by atoms with Crippen LogP contribution in [0.15, 0.2) is 24.3 Å². The van der Waals surface area contributed by atoms with Crippen molar-refractivity contribution in [3.8, 4) is 5.75 Å². The molecule has 1 unspecified atom stereocenters. The minimum Gasteiger partial charge on any atom is -0.484 e. The van der Waals surface area contributed by atoms with Crippen LogP contribution in [0.25, 0.3) is 0 Å². The van der Waals surface area contributed by atoms with E-state index < -0.39 is 4.92 Å². The SMILES string of the molecule is CC(NC(=O)COc1cccc([N+](=O)[O-])c1)C1CC1. The van der Waals surface area contributed by atoms with E-state index in [0.717, 1.165) is 12.8 Å². The highest BCUT2D eigenvalue weighted by Crippen LogP contribution is 2.32. The van der Waals surface area contributed by atoms with E-state index in [1.54, 1.807) is 6.07 Å². The van der Waals surface area contributed by atoms with Crippen molar-refractivity contribution in [2.24, 2.45) is 5.92 Å². The van der Waals surface area contributed by atoms with Gasteiger partial charge in [0.1, 0.15) is 5.75 Å². The molecule has 0 aliphatic heterocycles. The smallest absolute Gasteiger partial charge is 0.273 e. The molecule has 1 aromatic rings. The second kappa shape index (κ2) is 5.69. The Hall–Kier alpha value is -2.11. The first kappa shape index (κ1) is 13.3. The summed E-state index contributed by atoms with van der Waals surface area (Å²) in [5, 5.41) is 13.4. The Morgan fingerprint density at radius 1 is 1.58 bits per heavy atom. The van der Waals surface area contributed by atoms with Gasteiger partial charge >= 0.3 is 0 Å². The third-order valence-corrected chi connectivity index (χ3v) is 3.12. The highest BCUT2D eigenvalue weighted by Gasteiger charge is 2.28. The quantitative estimate of drug-likeness (QED) is 0.628. The third-order valence-electron chi connectivity index (χ3n) is 3.12. The summed E-state index contributed by atoms with van der Waals surface area (Å²) in [6.07, 6.45) is 2.32. The summed E-state index contributed by atoms with van der Waals surface area (Å²) in [4.78, 5) is 21.7. The van der Waals surface area contributed by atoms with E-state index in [0.29, 0.717) is 11.7 Å². The molecule has 0 bridgehead atoms. The van der Waals surface area contributed by atoms with Crippen molar-refractivity contribution in [3.05, 3.63) is 34.4 Å². The Kier molecular flexibility index (Phi) is 3.99. The van der Waals surface area contributed by atoms with Gasteiger partial charge in [0, 0.05) is 12.1 Å². The minimum absolute atomic E-state index is 0.0516. The number of nitrogens with one attached hydrogen (secondary N) is 1. The first-order chi connectivity index (χ1) is 9.06. The summed E-state index contributed by atoms with van der Waals surface area (Å²) >= 11 is 0. The molecule has 1 saturated carbocycles. The summed E-state index contributed by atoms with van der Waals surface area (Å²) in [5.74, 6) is 0.705. The maximum Gasteiger partial charge on any atom is 0.273 e. The Morgan fingerprint density at radius 3 is 2.95 bits per heavy atom. The summed E-state index contributed by atoms with van der Waals surface area (Å²) in [6.45, 7) is 1.85. The van der Waals surface area contributed by atoms with Gasteiger partial charge in [-0.15, -0.1) is 0 Å². The lowest BCUT2D eigenvalue weighted by molar-refractivity contribution is -0.384. The monoisotopic (exact) mass is 264 g/mol. The second-order valence-corrected chi connectivity index (χ2v) is 4.74. The zero-order valence-electron chi connectivity index (χ0n) is 10.7. The largest absolute Gasteiger partial charge is 0.484 e. The molecule has 0 aromatic heterocycles. The van der Waals surface area contributed by atoms with E-state index in [1.165, 1.54) is 18.2 Å². The number of nitro groups is 1. The maximum atomic E-state index is 11.6. The molecule has 6 nitrogen and oxygen atoms in total. The molecular formula is C13H16N2O4. The van der Waals surface area contributed by atoms with E-state index in [4.69, 9.17) is 4.74 Å². The molecule has 102 valence electrons. The topological polar surface area (TPSA) is 81.5 Å². The van der Waals surface area contributed by atoms with Crippen molar-refractivity contribution in [2.45, 2.75) is 25.8 Å². The lowest BCUT2D eigenvalue weighted by Gasteiger charge is -2.13. The number of nitro benzene ring substituents is 1. The summed E-state index contributed by atoms with van der Waals surface area (Å²) in [7, 11) is 0. The van der Waals surface area contributed by atoms with Crippen LogP contribution >= 0.6 is 0 Å². The molecule has 1 amide bonds. The van der Waals surface area contributed by atoms with Crippen LogP contribution in [0.1, 0.15) is 19.8 Å². The fourth-order valence-electron chi connectivity index (χ4n) is 1.85. The van der Waals surface area contributed by atoms with Crippen molar-refractivity contribution in [1.82, 2.24) is 5.32 Å². The zero-order chi connectivity index (χ0) is 13.8. The fourth-order valence-corrected chi connectivity index (χ4v) is 1.85. The molecule has 19 heavy (non-hydrogen) atoms. The first-order valence-corrected chi connectivity index (χ1v) is 6.23. The van der Waals surface area contributed by atoms with Gasteiger partial charge in [0.25, 0.3) is 11.6 Å². The highest BCUT2D eigenvalue weighted by molar-refractivity contribution is 5.77.